The van der Waals surface area contributed by atoms with Crippen LogP contribution in [0.3, 0.4) is 0 Å². The largest absolute Gasteiger partial charge is 0.323 e. The molecule has 4 heteroatoms. The van der Waals surface area contributed by atoms with E-state index in [2.05, 4.69) is 6.58 Å². The third-order valence-electron chi connectivity index (χ3n) is 1.38. The van der Waals surface area contributed by atoms with Gasteiger partial charge in [-0.15, -0.1) is 30.3 Å². The number of rotatable bonds is 3. The first-order chi connectivity index (χ1) is 5.24. The molecule has 1 aromatic heterocycles. The summed E-state index contributed by atoms with van der Waals surface area (Å²) in [6.45, 7) is 3.62. The minimum absolute atomic E-state index is 0. The Kier molecular flexibility index (Phi) is 5.59. The molecule has 0 fully saturated rings. The van der Waals surface area contributed by atoms with Crippen LogP contribution in [-0.2, 0) is 0 Å². The predicted molar refractivity (Wildman–Crippen MR) is 58.3 cm³/mol. The van der Waals surface area contributed by atoms with Crippen molar-refractivity contribution in [3.63, 3.8) is 0 Å². The van der Waals surface area contributed by atoms with E-state index in [1.54, 1.807) is 0 Å². The third kappa shape index (κ3) is 3.15. The summed E-state index contributed by atoms with van der Waals surface area (Å²) < 4.78 is 0.791. The van der Waals surface area contributed by atoms with Crippen molar-refractivity contribution in [2.75, 3.05) is 0 Å². The molecule has 0 aliphatic carbocycles. The van der Waals surface area contributed by atoms with E-state index in [-0.39, 0.29) is 18.4 Å². The minimum atomic E-state index is 0. The molecule has 0 saturated heterocycles. The van der Waals surface area contributed by atoms with E-state index >= 15 is 0 Å². The smallest absolute Gasteiger partial charge is 0.0931 e. The van der Waals surface area contributed by atoms with Crippen LogP contribution in [0.1, 0.15) is 17.3 Å². The van der Waals surface area contributed by atoms with Gasteiger partial charge in [0.05, 0.1) is 4.34 Å². The summed E-state index contributed by atoms with van der Waals surface area (Å²) in [5, 5.41) is 0. The Morgan fingerprint density at radius 1 is 1.67 bits per heavy atom. The van der Waals surface area contributed by atoms with Crippen LogP contribution >= 0.6 is 35.3 Å². The van der Waals surface area contributed by atoms with Gasteiger partial charge < -0.3 is 5.73 Å². The average molecular weight is 224 g/mol. The molecule has 0 bridgehead atoms. The summed E-state index contributed by atoms with van der Waals surface area (Å²) in [6, 6.07) is 3.89. The van der Waals surface area contributed by atoms with Crippen molar-refractivity contribution in [3.05, 3.63) is 34.0 Å². The Labute approximate surface area is 87.6 Å². The van der Waals surface area contributed by atoms with Crippen LogP contribution in [0, 0.1) is 0 Å². The molecule has 0 saturated carbocycles. The molecular formula is C8H11Cl2NS. The molecule has 68 valence electrons. The summed E-state index contributed by atoms with van der Waals surface area (Å²) in [5.74, 6) is 0. The maximum absolute atomic E-state index is 5.80. The van der Waals surface area contributed by atoms with Gasteiger partial charge in [-0.1, -0.05) is 17.7 Å². The third-order valence-corrected chi connectivity index (χ3v) is 2.74. The first kappa shape index (κ1) is 12.0. The van der Waals surface area contributed by atoms with Gasteiger partial charge in [0.1, 0.15) is 0 Å². The fourth-order valence-electron chi connectivity index (χ4n) is 0.823. The second kappa shape index (κ2) is 5.60. The van der Waals surface area contributed by atoms with Gasteiger partial charge in [0.2, 0.25) is 0 Å². The van der Waals surface area contributed by atoms with Crippen LogP contribution in [0.15, 0.2) is 24.8 Å². The number of hydrogen-bond donors (Lipinski definition) is 1. The van der Waals surface area contributed by atoms with E-state index < -0.39 is 0 Å². The van der Waals surface area contributed by atoms with Crippen molar-refractivity contribution in [2.45, 2.75) is 12.5 Å². The molecule has 0 aromatic carbocycles. The van der Waals surface area contributed by atoms with Crippen molar-refractivity contribution >= 4 is 35.3 Å². The van der Waals surface area contributed by atoms with E-state index in [1.165, 1.54) is 11.3 Å². The Balaban J connectivity index is 0.00000121. The molecule has 12 heavy (non-hydrogen) atoms. The molecule has 1 rings (SSSR count). The number of hydrogen-bond acceptors (Lipinski definition) is 2. The van der Waals surface area contributed by atoms with Crippen LogP contribution in [0.25, 0.3) is 0 Å². The van der Waals surface area contributed by atoms with Gasteiger partial charge in [0.25, 0.3) is 0 Å². The predicted octanol–water partition coefficient (Wildman–Crippen LogP) is 3.40. The van der Waals surface area contributed by atoms with Gasteiger partial charge in [-0.05, 0) is 18.6 Å². The van der Waals surface area contributed by atoms with Gasteiger partial charge in [0.15, 0.2) is 0 Å². The van der Waals surface area contributed by atoms with Gasteiger partial charge in [0, 0.05) is 10.9 Å². The van der Waals surface area contributed by atoms with Gasteiger partial charge >= 0.3 is 0 Å². The summed E-state index contributed by atoms with van der Waals surface area (Å²) in [7, 11) is 0. The summed E-state index contributed by atoms with van der Waals surface area (Å²) in [6.07, 6.45) is 2.62. The number of thiophene rings is 1. The zero-order chi connectivity index (χ0) is 8.27. The van der Waals surface area contributed by atoms with E-state index in [1.807, 2.05) is 18.2 Å². The Hall–Kier alpha value is -0.0200. The first-order valence-corrected chi connectivity index (χ1v) is 4.55. The lowest BCUT2D eigenvalue weighted by atomic mass is 10.2. The lowest BCUT2D eigenvalue weighted by Gasteiger charge is -2.03. The summed E-state index contributed by atoms with van der Waals surface area (Å²) in [4.78, 5) is 1.12. The molecule has 0 aliphatic heterocycles. The topological polar surface area (TPSA) is 26.0 Å². The molecule has 1 heterocycles. The molecule has 0 amide bonds. The maximum Gasteiger partial charge on any atom is 0.0931 e. The fraction of sp³-hybridized carbons (Fsp3) is 0.250. The zero-order valence-electron chi connectivity index (χ0n) is 6.50. The van der Waals surface area contributed by atoms with Crippen molar-refractivity contribution in [1.29, 1.82) is 0 Å². The molecule has 1 nitrogen and oxygen atoms in total. The quantitative estimate of drug-likeness (QED) is 0.782. The van der Waals surface area contributed by atoms with Crippen molar-refractivity contribution in [2.24, 2.45) is 5.73 Å². The maximum atomic E-state index is 5.80. The molecule has 1 atom stereocenters. The van der Waals surface area contributed by atoms with Gasteiger partial charge in [-0.2, -0.15) is 0 Å². The minimum Gasteiger partial charge on any atom is -0.323 e. The fourth-order valence-corrected chi connectivity index (χ4v) is 1.90. The van der Waals surface area contributed by atoms with Crippen LogP contribution in [0.4, 0.5) is 0 Å². The van der Waals surface area contributed by atoms with Crippen molar-refractivity contribution in [3.8, 4) is 0 Å². The van der Waals surface area contributed by atoms with E-state index in [0.29, 0.717) is 0 Å². The molecule has 2 N–H and O–H groups in total. The molecule has 0 aliphatic rings. The zero-order valence-corrected chi connectivity index (χ0v) is 8.88. The van der Waals surface area contributed by atoms with E-state index in [4.69, 9.17) is 17.3 Å². The van der Waals surface area contributed by atoms with E-state index in [9.17, 15) is 0 Å². The highest BCUT2D eigenvalue weighted by Gasteiger charge is 2.05. The molecule has 0 unspecified atom stereocenters. The molecule has 0 spiro atoms. The van der Waals surface area contributed by atoms with Crippen molar-refractivity contribution in [1.82, 2.24) is 0 Å². The Morgan fingerprint density at radius 3 is 2.75 bits per heavy atom. The van der Waals surface area contributed by atoms with E-state index in [0.717, 1.165) is 15.6 Å². The normalized spacial score (nSPS) is 11.8. The molecule has 0 radical (unpaired) electrons. The molecule has 1 aromatic rings. The standard InChI is InChI=1S/C8H10ClNS.ClH/c1-2-3-6(10)7-4-5-8(9)11-7;/h2,4-6H,1,3,10H2;1H/t6-;/m0./s1. The Bertz CT molecular complexity index is 247. The number of nitrogens with two attached hydrogens (primary N) is 1. The summed E-state index contributed by atoms with van der Waals surface area (Å²) in [5.41, 5.74) is 5.80. The first-order valence-electron chi connectivity index (χ1n) is 3.35. The Morgan fingerprint density at radius 2 is 2.33 bits per heavy atom. The van der Waals surface area contributed by atoms with Gasteiger partial charge in [-0.3, -0.25) is 0 Å². The highest BCUT2D eigenvalue weighted by Crippen LogP contribution is 2.27. The lowest BCUT2D eigenvalue weighted by Crippen LogP contribution is -2.06. The monoisotopic (exact) mass is 223 g/mol. The SMILES string of the molecule is C=CC[C@H](N)c1ccc(Cl)s1.Cl. The van der Waals surface area contributed by atoms with Crippen LogP contribution in [0.5, 0.6) is 0 Å². The van der Waals surface area contributed by atoms with Crippen LogP contribution in [0.2, 0.25) is 4.34 Å². The highest BCUT2D eigenvalue weighted by molar-refractivity contribution is 7.16. The second-order valence-electron chi connectivity index (χ2n) is 2.27. The molecular weight excluding hydrogens is 213 g/mol. The summed E-state index contributed by atoms with van der Waals surface area (Å²) >= 11 is 7.27. The highest BCUT2D eigenvalue weighted by atomic mass is 35.5. The van der Waals surface area contributed by atoms with Crippen LogP contribution < -0.4 is 5.73 Å². The van der Waals surface area contributed by atoms with Crippen molar-refractivity contribution < 1.29 is 0 Å². The van der Waals surface area contributed by atoms with Crippen LogP contribution in [-0.4, -0.2) is 0 Å². The lowest BCUT2D eigenvalue weighted by molar-refractivity contribution is 0.758. The average Bonchev–Trinajstić information content (AvgIpc) is 2.36. The second-order valence-corrected chi connectivity index (χ2v) is 4.02. The number of halogens is 2. The van der Waals surface area contributed by atoms with Gasteiger partial charge in [-0.25, -0.2) is 0 Å².